The van der Waals surface area contributed by atoms with E-state index in [0.29, 0.717) is 30.2 Å². The number of hydrogen-bond donors (Lipinski definition) is 1. The molecule has 1 aromatic heterocycles. The molecule has 0 aliphatic carbocycles. The van der Waals surface area contributed by atoms with E-state index in [1.54, 1.807) is 11.8 Å². The van der Waals surface area contributed by atoms with Crippen LogP contribution in [0.4, 0.5) is 5.82 Å². The summed E-state index contributed by atoms with van der Waals surface area (Å²) < 4.78 is 0. The minimum absolute atomic E-state index is 0.111. The van der Waals surface area contributed by atoms with Gasteiger partial charge in [-0.15, -0.1) is 0 Å². The molecule has 20 heavy (non-hydrogen) atoms. The molecule has 0 atom stereocenters. The van der Waals surface area contributed by atoms with Crippen molar-refractivity contribution in [2.24, 2.45) is 0 Å². The summed E-state index contributed by atoms with van der Waals surface area (Å²) in [5, 5.41) is 2.66. The highest BCUT2D eigenvalue weighted by atomic mass is 16.2. The maximum Gasteiger partial charge on any atom is 0.275 e. The van der Waals surface area contributed by atoms with E-state index < -0.39 is 0 Å². The van der Waals surface area contributed by atoms with Gasteiger partial charge >= 0.3 is 0 Å². The second kappa shape index (κ2) is 6.03. The van der Waals surface area contributed by atoms with Crippen LogP contribution in [0.2, 0.25) is 0 Å². The fourth-order valence-electron chi connectivity index (χ4n) is 2.23. The lowest BCUT2D eigenvalue weighted by atomic mass is 10.1. The summed E-state index contributed by atoms with van der Waals surface area (Å²) >= 11 is 0. The third-order valence-corrected chi connectivity index (χ3v) is 3.44. The zero-order chi connectivity index (χ0) is 14.5. The lowest BCUT2D eigenvalue weighted by Crippen LogP contribution is -2.40. The van der Waals surface area contributed by atoms with Crippen LogP contribution in [0, 0.1) is 26.0 Å². The maximum atomic E-state index is 12.5. The van der Waals surface area contributed by atoms with Crippen LogP contribution < -0.4 is 5.32 Å². The van der Waals surface area contributed by atoms with Crippen molar-refractivity contribution in [2.75, 3.05) is 18.4 Å². The molecular formula is C14H16N5O+. The van der Waals surface area contributed by atoms with Crippen LogP contribution in [0.15, 0.2) is 6.33 Å². The van der Waals surface area contributed by atoms with Crippen molar-refractivity contribution >= 4 is 11.7 Å². The van der Waals surface area contributed by atoms with E-state index in [2.05, 4.69) is 26.2 Å². The van der Waals surface area contributed by atoms with E-state index in [1.165, 1.54) is 6.33 Å². The zero-order valence-electron chi connectivity index (χ0n) is 11.3. The highest BCUT2D eigenvalue weighted by Gasteiger charge is 2.29. The van der Waals surface area contributed by atoms with E-state index in [4.69, 9.17) is 13.0 Å². The van der Waals surface area contributed by atoms with Crippen molar-refractivity contribution in [2.45, 2.75) is 25.8 Å². The molecule has 0 spiro atoms. The zero-order valence-corrected chi connectivity index (χ0v) is 11.3. The molecule has 2 rings (SSSR count). The van der Waals surface area contributed by atoms with Gasteiger partial charge in [-0.2, -0.15) is 0 Å². The first-order valence-electron chi connectivity index (χ1n) is 6.40. The van der Waals surface area contributed by atoms with Crippen LogP contribution in [0.1, 0.15) is 28.9 Å². The van der Waals surface area contributed by atoms with Crippen LogP contribution in [0.3, 0.4) is 0 Å². The topological polar surface area (TPSA) is 62.5 Å². The summed E-state index contributed by atoms with van der Waals surface area (Å²) in [6.07, 6.45) is 8.08. The SMILES string of the molecule is C#CNc1ncnc(C(=O)N2CCC([N+]#C)CC2)c1C. The van der Waals surface area contributed by atoms with Crippen LogP contribution in [0.5, 0.6) is 0 Å². The van der Waals surface area contributed by atoms with Gasteiger partial charge in [0.15, 0.2) is 0 Å². The Hall–Kier alpha value is -2.60. The molecular weight excluding hydrogens is 254 g/mol. The third-order valence-electron chi connectivity index (χ3n) is 3.44. The molecule has 1 fully saturated rings. The summed E-state index contributed by atoms with van der Waals surface area (Å²) in [5.41, 5.74) is 1.03. The predicted octanol–water partition coefficient (Wildman–Crippen LogP) is 1.35. The van der Waals surface area contributed by atoms with Gasteiger partial charge in [0.05, 0.1) is 0 Å². The summed E-state index contributed by atoms with van der Waals surface area (Å²) in [7, 11) is 0. The molecule has 0 saturated carbocycles. The number of hydrogen-bond acceptors (Lipinski definition) is 4. The van der Waals surface area contributed by atoms with E-state index in [0.717, 1.165) is 12.8 Å². The third kappa shape index (κ3) is 2.70. The van der Waals surface area contributed by atoms with Gasteiger partial charge in [0, 0.05) is 37.5 Å². The number of anilines is 1. The number of amides is 1. The van der Waals surface area contributed by atoms with Crippen molar-refractivity contribution in [1.29, 1.82) is 0 Å². The van der Waals surface area contributed by atoms with E-state index >= 15 is 0 Å². The smallest absolute Gasteiger partial charge is 0.275 e. The van der Waals surface area contributed by atoms with Gasteiger partial charge in [0.2, 0.25) is 0 Å². The Morgan fingerprint density at radius 2 is 2.20 bits per heavy atom. The van der Waals surface area contributed by atoms with Crippen molar-refractivity contribution in [3.63, 3.8) is 0 Å². The van der Waals surface area contributed by atoms with Crippen LogP contribution in [0.25, 0.3) is 4.85 Å². The van der Waals surface area contributed by atoms with Gasteiger partial charge < -0.3 is 4.90 Å². The van der Waals surface area contributed by atoms with Crippen LogP contribution >= 0.6 is 0 Å². The number of nitrogens with one attached hydrogen (secondary N) is 1. The average molecular weight is 270 g/mol. The standard InChI is InChI=1S/C14H16N5O/c1-4-16-13-10(2)12(17-9-18-13)14(20)19-7-5-11(15-3)6-8-19/h1,3,9,11H,5-8H2,2H3,(H,16,17,18)/q+1. The number of rotatable bonds is 2. The Balaban J connectivity index is 2.16. The fourth-order valence-corrected chi connectivity index (χ4v) is 2.23. The molecule has 0 unspecified atom stereocenters. The Labute approximate surface area is 118 Å². The van der Waals surface area contributed by atoms with Crippen LogP contribution in [-0.2, 0) is 0 Å². The van der Waals surface area contributed by atoms with Crippen molar-refractivity contribution in [3.05, 3.63) is 22.4 Å². The number of likely N-dealkylation sites (tertiary alicyclic amines) is 1. The van der Waals surface area contributed by atoms with Crippen molar-refractivity contribution in [3.8, 4) is 19.0 Å². The molecule has 0 radical (unpaired) electrons. The van der Waals surface area contributed by atoms with Gasteiger partial charge in [-0.25, -0.2) is 9.97 Å². The number of carbonyl (C=O) groups excluding carboxylic acids is 1. The maximum absolute atomic E-state index is 12.5. The van der Waals surface area contributed by atoms with E-state index in [1.807, 2.05) is 0 Å². The molecule has 1 amide bonds. The summed E-state index contributed by atoms with van der Waals surface area (Å²) in [6, 6.07) is 2.44. The minimum Gasteiger partial charge on any atom is -0.337 e. The summed E-state index contributed by atoms with van der Waals surface area (Å²) in [4.78, 5) is 26.1. The largest absolute Gasteiger partial charge is 0.337 e. The monoisotopic (exact) mass is 270 g/mol. The van der Waals surface area contributed by atoms with Gasteiger partial charge in [0.1, 0.15) is 17.8 Å². The molecule has 6 heteroatoms. The molecule has 6 nitrogen and oxygen atoms in total. The van der Waals surface area contributed by atoms with Gasteiger partial charge in [0.25, 0.3) is 18.5 Å². The van der Waals surface area contributed by atoms with Crippen molar-refractivity contribution < 1.29 is 4.79 Å². The van der Waals surface area contributed by atoms with E-state index in [-0.39, 0.29) is 11.9 Å². The number of nitrogens with zero attached hydrogens (tertiary/aromatic N) is 4. The summed E-state index contributed by atoms with van der Waals surface area (Å²) in [6.45, 7) is 8.32. The van der Waals surface area contributed by atoms with Gasteiger partial charge in [-0.1, -0.05) is 11.3 Å². The number of aromatic nitrogens is 2. The number of terminal acetylenes is 1. The highest BCUT2D eigenvalue weighted by Crippen LogP contribution is 2.19. The first-order chi connectivity index (χ1) is 9.67. The molecule has 1 aliphatic heterocycles. The van der Waals surface area contributed by atoms with Gasteiger partial charge in [-0.3, -0.25) is 10.1 Å². The molecule has 0 bridgehead atoms. The second-order valence-corrected chi connectivity index (χ2v) is 4.64. The molecule has 1 N–H and O–H groups in total. The fraction of sp³-hybridized carbons (Fsp3) is 0.429. The molecule has 1 saturated heterocycles. The predicted molar refractivity (Wildman–Crippen MR) is 76.5 cm³/mol. The quantitative estimate of drug-likeness (QED) is 0.651. The highest BCUT2D eigenvalue weighted by molar-refractivity contribution is 5.94. The Bertz CT molecular complexity index is 591. The normalized spacial score (nSPS) is 15.2. The molecule has 0 aromatic carbocycles. The number of piperidine rings is 1. The molecule has 1 aromatic rings. The van der Waals surface area contributed by atoms with Crippen LogP contribution in [-0.4, -0.2) is 39.9 Å². The van der Waals surface area contributed by atoms with Crippen molar-refractivity contribution in [1.82, 2.24) is 14.9 Å². The molecule has 2 heterocycles. The van der Waals surface area contributed by atoms with E-state index in [9.17, 15) is 4.79 Å². The lowest BCUT2D eigenvalue weighted by molar-refractivity contribution is 0.0714. The summed E-state index contributed by atoms with van der Waals surface area (Å²) in [5.74, 6) is 0.373. The van der Waals surface area contributed by atoms with Gasteiger partial charge in [-0.05, 0) is 6.92 Å². The first-order valence-corrected chi connectivity index (χ1v) is 6.40. The second-order valence-electron chi connectivity index (χ2n) is 4.64. The Morgan fingerprint density at radius 3 is 2.80 bits per heavy atom. The Kier molecular flexibility index (Phi) is 4.17. The lowest BCUT2D eigenvalue weighted by Gasteiger charge is -2.26. The first kappa shape index (κ1) is 13.8. The Morgan fingerprint density at radius 1 is 1.50 bits per heavy atom. The number of carbonyl (C=O) groups is 1. The minimum atomic E-state index is -0.111. The molecule has 102 valence electrons. The molecule has 1 aliphatic rings. The average Bonchev–Trinajstić information content (AvgIpc) is 2.49.